The van der Waals surface area contributed by atoms with E-state index < -0.39 is 6.04 Å². The predicted molar refractivity (Wildman–Crippen MR) is 114 cm³/mol. The molecule has 0 saturated carbocycles. The van der Waals surface area contributed by atoms with Crippen molar-refractivity contribution in [3.05, 3.63) is 83.9 Å². The molecular formula is C23H22N2O2S. The summed E-state index contributed by atoms with van der Waals surface area (Å²) >= 11 is 1.61. The number of carbonyl (C=O) groups is 2. The van der Waals surface area contributed by atoms with Crippen LogP contribution >= 0.6 is 11.8 Å². The van der Waals surface area contributed by atoms with Crippen molar-refractivity contribution in [3.8, 4) is 0 Å². The van der Waals surface area contributed by atoms with E-state index in [0.29, 0.717) is 17.2 Å². The summed E-state index contributed by atoms with van der Waals surface area (Å²) in [4.78, 5) is 27.5. The molecule has 0 spiro atoms. The molecular weight excluding hydrogens is 368 g/mol. The molecule has 28 heavy (non-hydrogen) atoms. The molecule has 2 amide bonds. The Balaban J connectivity index is 1.51. The first-order valence-corrected chi connectivity index (χ1v) is 10.5. The summed E-state index contributed by atoms with van der Waals surface area (Å²) in [6.07, 6.45) is 0. The van der Waals surface area contributed by atoms with Gasteiger partial charge in [-0.3, -0.25) is 9.59 Å². The zero-order valence-electron chi connectivity index (χ0n) is 15.7. The molecule has 4 nitrogen and oxygen atoms in total. The van der Waals surface area contributed by atoms with Crippen LogP contribution in [0.3, 0.4) is 0 Å². The summed E-state index contributed by atoms with van der Waals surface area (Å²) < 4.78 is 0. The number of amides is 2. The van der Waals surface area contributed by atoms with Crippen LogP contribution in [-0.4, -0.2) is 34.4 Å². The van der Waals surface area contributed by atoms with Gasteiger partial charge in [-0.05, 0) is 35.4 Å². The lowest BCUT2D eigenvalue weighted by molar-refractivity contribution is -0.125. The van der Waals surface area contributed by atoms with Crippen molar-refractivity contribution in [1.82, 2.24) is 10.2 Å². The average Bonchev–Trinajstić information content (AvgIpc) is 3.23. The van der Waals surface area contributed by atoms with E-state index in [1.165, 1.54) is 0 Å². The third-order valence-electron chi connectivity index (χ3n) is 5.12. The molecule has 1 aliphatic rings. The summed E-state index contributed by atoms with van der Waals surface area (Å²) in [5.41, 5.74) is 1.70. The topological polar surface area (TPSA) is 49.4 Å². The van der Waals surface area contributed by atoms with Crippen LogP contribution in [0.5, 0.6) is 0 Å². The highest BCUT2D eigenvalue weighted by molar-refractivity contribution is 7.99. The van der Waals surface area contributed by atoms with E-state index in [0.717, 1.165) is 16.3 Å². The fourth-order valence-corrected chi connectivity index (χ4v) is 4.78. The highest BCUT2D eigenvalue weighted by Crippen LogP contribution is 2.26. The van der Waals surface area contributed by atoms with E-state index in [2.05, 4.69) is 23.5 Å². The number of nitrogens with zero attached hydrogens (tertiary/aromatic N) is 1. The van der Waals surface area contributed by atoms with Crippen LogP contribution in [0.4, 0.5) is 0 Å². The quantitative estimate of drug-likeness (QED) is 0.725. The van der Waals surface area contributed by atoms with Gasteiger partial charge in [0.15, 0.2) is 0 Å². The van der Waals surface area contributed by atoms with Crippen LogP contribution in [0.2, 0.25) is 0 Å². The van der Waals surface area contributed by atoms with Gasteiger partial charge < -0.3 is 10.2 Å². The smallest absolute Gasteiger partial charge is 0.255 e. The highest BCUT2D eigenvalue weighted by Gasteiger charge is 2.35. The monoisotopic (exact) mass is 390 g/mol. The largest absolute Gasteiger partial charge is 0.348 e. The zero-order valence-corrected chi connectivity index (χ0v) is 16.5. The van der Waals surface area contributed by atoms with Crippen LogP contribution in [-0.2, 0) is 4.79 Å². The molecule has 4 rings (SSSR count). The van der Waals surface area contributed by atoms with Crippen LogP contribution in [0.15, 0.2) is 72.8 Å². The Hall–Kier alpha value is -2.79. The minimum absolute atomic E-state index is 0.0939. The second-order valence-corrected chi connectivity index (χ2v) is 7.96. The zero-order chi connectivity index (χ0) is 19.5. The van der Waals surface area contributed by atoms with Gasteiger partial charge in [0.05, 0.1) is 11.9 Å². The van der Waals surface area contributed by atoms with E-state index in [9.17, 15) is 9.59 Å². The van der Waals surface area contributed by atoms with Crippen molar-refractivity contribution in [1.29, 1.82) is 0 Å². The Morgan fingerprint density at radius 1 is 1.00 bits per heavy atom. The van der Waals surface area contributed by atoms with Crippen LogP contribution < -0.4 is 5.32 Å². The second kappa shape index (κ2) is 8.07. The van der Waals surface area contributed by atoms with Crippen molar-refractivity contribution >= 4 is 34.3 Å². The number of hydrogen-bond donors (Lipinski definition) is 1. The first-order chi connectivity index (χ1) is 13.6. The SMILES string of the molecule is C[C@H](NC(=O)[C@H]1CSCN1C(=O)c1ccccc1)c1cccc2ccccc12. The van der Waals surface area contributed by atoms with E-state index in [1.54, 1.807) is 28.8 Å². The Kier molecular flexibility index (Phi) is 5.35. The molecule has 3 aromatic rings. The molecule has 0 aliphatic carbocycles. The summed E-state index contributed by atoms with van der Waals surface area (Å²) in [5.74, 6) is 0.958. The molecule has 0 bridgehead atoms. The van der Waals surface area contributed by atoms with Gasteiger partial charge in [-0.25, -0.2) is 0 Å². The molecule has 1 N–H and O–H groups in total. The Labute approximate surface area is 168 Å². The average molecular weight is 391 g/mol. The standard InChI is InChI=1S/C23H22N2O2S/c1-16(19-13-7-11-17-8-5-6-12-20(17)19)24-22(26)21-14-28-15-25(21)23(27)18-9-3-2-4-10-18/h2-13,16,21H,14-15H2,1H3,(H,24,26)/t16-,21+/m0/s1. The summed E-state index contributed by atoms with van der Waals surface area (Å²) in [5, 5.41) is 5.41. The maximum absolute atomic E-state index is 13.0. The van der Waals surface area contributed by atoms with Gasteiger partial charge in [-0.15, -0.1) is 11.8 Å². The lowest BCUT2D eigenvalue weighted by Gasteiger charge is -2.25. The number of benzene rings is 3. The van der Waals surface area contributed by atoms with Crippen LogP contribution in [0.1, 0.15) is 28.9 Å². The summed E-state index contributed by atoms with van der Waals surface area (Å²) in [7, 11) is 0. The summed E-state index contributed by atoms with van der Waals surface area (Å²) in [6, 6.07) is 22.8. The second-order valence-electron chi connectivity index (χ2n) is 6.96. The third kappa shape index (κ3) is 3.62. The molecule has 1 heterocycles. The predicted octanol–water partition coefficient (Wildman–Crippen LogP) is 4.23. The number of thioether (sulfide) groups is 1. The van der Waals surface area contributed by atoms with Gasteiger partial charge in [-0.1, -0.05) is 60.7 Å². The molecule has 2 atom stereocenters. The Morgan fingerprint density at radius 2 is 1.71 bits per heavy atom. The normalized spacial score (nSPS) is 17.5. The van der Waals surface area contributed by atoms with Gasteiger partial charge >= 0.3 is 0 Å². The third-order valence-corrected chi connectivity index (χ3v) is 6.13. The number of carbonyl (C=O) groups excluding carboxylic acids is 2. The molecule has 0 radical (unpaired) electrons. The molecule has 0 aromatic heterocycles. The van der Waals surface area contributed by atoms with Gasteiger partial charge in [0.25, 0.3) is 5.91 Å². The lowest BCUT2D eigenvalue weighted by Crippen LogP contribution is -2.47. The minimum atomic E-state index is -0.449. The lowest BCUT2D eigenvalue weighted by atomic mass is 9.99. The Bertz CT molecular complexity index is 1000. The number of nitrogens with one attached hydrogen (secondary N) is 1. The van der Waals surface area contributed by atoms with Gasteiger partial charge in [0, 0.05) is 11.3 Å². The van der Waals surface area contributed by atoms with E-state index in [1.807, 2.05) is 49.4 Å². The summed E-state index contributed by atoms with van der Waals surface area (Å²) in [6.45, 7) is 1.99. The molecule has 0 unspecified atom stereocenters. The van der Waals surface area contributed by atoms with E-state index >= 15 is 0 Å². The van der Waals surface area contributed by atoms with Crippen LogP contribution in [0.25, 0.3) is 10.8 Å². The molecule has 1 fully saturated rings. The van der Waals surface area contributed by atoms with Crippen LogP contribution in [0, 0.1) is 0 Å². The van der Waals surface area contributed by atoms with Gasteiger partial charge in [0.1, 0.15) is 6.04 Å². The fraction of sp³-hybridized carbons (Fsp3) is 0.217. The molecule has 142 valence electrons. The van der Waals surface area contributed by atoms with E-state index in [4.69, 9.17) is 0 Å². The fourth-order valence-electron chi connectivity index (χ4n) is 3.62. The molecule has 3 aromatic carbocycles. The maximum Gasteiger partial charge on any atom is 0.255 e. The molecule has 1 aliphatic heterocycles. The first-order valence-electron chi connectivity index (χ1n) is 9.37. The number of fused-ring (bicyclic) bond motifs is 1. The van der Waals surface area contributed by atoms with Crippen molar-refractivity contribution in [3.63, 3.8) is 0 Å². The molecule has 5 heteroatoms. The Morgan fingerprint density at radius 3 is 2.54 bits per heavy atom. The highest BCUT2D eigenvalue weighted by atomic mass is 32.2. The van der Waals surface area contributed by atoms with Crippen molar-refractivity contribution < 1.29 is 9.59 Å². The number of hydrogen-bond acceptors (Lipinski definition) is 3. The first kappa shape index (κ1) is 18.6. The number of rotatable bonds is 4. The van der Waals surface area contributed by atoms with Crippen molar-refractivity contribution in [2.45, 2.75) is 19.0 Å². The van der Waals surface area contributed by atoms with Crippen molar-refractivity contribution in [2.75, 3.05) is 11.6 Å². The molecule has 1 saturated heterocycles. The van der Waals surface area contributed by atoms with Crippen molar-refractivity contribution in [2.24, 2.45) is 0 Å². The van der Waals surface area contributed by atoms with Gasteiger partial charge in [-0.2, -0.15) is 0 Å². The van der Waals surface area contributed by atoms with Gasteiger partial charge in [0.2, 0.25) is 5.91 Å². The van der Waals surface area contributed by atoms with E-state index in [-0.39, 0.29) is 17.9 Å². The maximum atomic E-state index is 13.0. The minimum Gasteiger partial charge on any atom is -0.348 e.